The molecule has 4 rings (SSSR count). The van der Waals surface area contributed by atoms with Gasteiger partial charge in [0.2, 0.25) is 11.7 Å². The summed E-state index contributed by atoms with van der Waals surface area (Å²) in [6.45, 7) is 3.98. The molecule has 0 radical (unpaired) electrons. The van der Waals surface area contributed by atoms with Gasteiger partial charge < -0.3 is 14.7 Å². The molecule has 0 aliphatic heterocycles. The summed E-state index contributed by atoms with van der Waals surface area (Å²) in [6.07, 6.45) is 4.12. The fraction of sp³-hybridized carbons (Fsp3) is 0.393. The van der Waals surface area contributed by atoms with E-state index in [0.29, 0.717) is 11.1 Å². The molecule has 0 saturated heterocycles. The maximum Gasteiger partial charge on any atom is 0.331 e. The van der Waals surface area contributed by atoms with E-state index in [0.717, 1.165) is 54.0 Å². The molecule has 1 aliphatic rings. The van der Waals surface area contributed by atoms with Crippen LogP contribution in [-0.4, -0.2) is 40.8 Å². The fourth-order valence-corrected chi connectivity index (χ4v) is 5.01. The van der Waals surface area contributed by atoms with Gasteiger partial charge in [0.1, 0.15) is 5.71 Å². The summed E-state index contributed by atoms with van der Waals surface area (Å²) in [5.74, 6) is -1.05. The van der Waals surface area contributed by atoms with E-state index < -0.39 is 11.8 Å². The molecule has 1 aromatic heterocycles. The summed E-state index contributed by atoms with van der Waals surface area (Å²) in [5, 5.41) is 8.02. The second-order valence-corrected chi connectivity index (χ2v) is 9.18. The van der Waals surface area contributed by atoms with E-state index in [1.807, 2.05) is 24.3 Å². The van der Waals surface area contributed by atoms with Gasteiger partial charge in [-0.05, 0) is 56.2 Å². The van der Waals surface area contributed by atoms with Gasteiger partial charge in [0.15, 0.2) is 5.78 Å². The number of carbonyl (C=O) groups is 4. The van der Waals surface area contributed by atoms with Crippen LogP contribution in [0.25, 0.3) is 21.8 Å². The summed E-state index contributed by atoms with van der Waals surface area (Å²) in [6, 6.07) is 11.2. The van der Waals surface area contributed by atoms with E-state index in [-0.39, 0.29) is 36.2 Å². The Balaban J connectivity index is 1.76. The van der Waals surface area contributed by atoms with Crippen molar-refractivity contribution in [2.75, 3.05) is 7.05 Å². The van der Waals surface area contributed by atoms with Gasteiger partial charge >= 0.3 is 5.97 Å². The first-order chi connectivity index (χ1) is 17.3. The van der Waals surface area contributed by atoms with Crippen LogP contribution in [0.2, 0.25) is 0 Å². The third-order valence-electron chi connectivity index (χ3n) is 6.87. The van der Waals surface area contributed by atoms with Crippen LogP contribution in [0.3, 0.4) is 0 Å². The molecule has 3 aromatic rings. The number of rotatable bonds is 9. The van der Waals surface area contributed by atoms with Crippen LogP contribution in [0.4, 0.5) is 0 Å². The average molecular weight is 490 g/mol. The molecule has 188 valence electrons. The maximum atomic E-state index is 13.3. The molecule has 1 saturated carbocycles. The molecule has 1 fully saturated rings. The van der Waals surface area contributed by atoms with Crippen LogP contribution >= 0.6 is 0 Å². The number of benzene rings is 2. The minimum Gasteiger partial charge on any atom is -0.359 e. The minimum atomic E-state index is -0.652. The molecule has 8 heteroatoms. The second-order valence-electron chi connectivity index (χ2n) is 9.18. The topological polar surface area (TPSA) is 107 Å². The molecule has 8 nitrogen and oxygen atoms in total. The average Bonchev–Trinajstić information content (AvgIpc) is 3.53. The number of nitrogens with one attached hydrogen (secondary N) is 1. The summed E-state index contributed by atoms with van der Waals surface area (Å²) in [4.78, 5) is 54.2. The van der Waals surface area contributed by atoms with Gasteiger partial charge in [-0.1, -0.05) is 18.0 Å². The molecule has 1 amide bonds. The van der Waals surface area contributed by atoms with Crippen LogP contribution < -0.4 is 5.32 Å². The lowest BCUT2D eigenvalue weighted by molar-refractivity contribution is -0.140. The lowest BCUT2D eigenvalue weighted by Gasteiger charge is -2.08. The first-order valence-corrected chi connectivity index (χ1v) is 12.4. The largest absolute Gasteiger partial charge is 0.359 e. The Bertz CT molecular complexity index is 1380. The molecular formula is C28H31N3O5. The number of amides is 1. The highest BCUT2D eigenvalue weighted by Crippen LogP contribution is 2.33. The number of ketones is 2. The zero-order valence-corrected chi connectivity index (χ0v) is 20.9. The van der Waals surface area contributed by atoms with Gasteiger partial charge in [-0.25, -0.2) is 4.79 Å². The first kappa shape index (κ1) is 25.3. The van der Waals surface area contributed by atoms with Crippen molar-refractivity contribution >= 4 is 51.0 Å². The normalized spacial score (nSPS) is 14.4. The molecule has 0 atom stereocenters. The lowest BCUT2D eigenvalue weighted by atomic mass is 9.95. The highest BCUT2D eigenvalue weighted by Gasteiger charge is 2.25. The van der Waals surface area contributed by atoms with E-state index >= 15 is 0 Å². The van der Waals surface area contributed by atoms with Crippen molar-refractivity contribution in [3.05, 3.63) is 47.5 Å². The van der Waals surface area contributed by atoms with Gasteiger partial charge in [-0.2, -0.15) is 0 Å². The van der Waals surface area contributed by atoms with E-state index in [1.54, 1.807) is 12.1 Å². The number of nitrogens with zero attached hydrogens (tertiary/aromatic N) is 2. The summed E-state index contributed by atoms with van der Waals surface area (Å²) < 4.78 is 2.15. The number of hydrogen-bond acceptors (Lipinski definition) is 6. The highest BCUT2D eigenvalue weighted by atomic mass is 16.7. The second kappa shape index (κ2) is 10.8. The molecule has 0 unspecified atom stereocenters. The quantitative estimate of drug-likeness (QED) is 0.201. The van der Waals surface area contributed by atoms with Crippen LogP contribution in [0.1, 0.15) is 73.1 Å². The van der Waals surface area contributed by atoms with E-state index in [1.165, 1.54) is 14.0 Å². The van der Waals surface area contributed by atoms with Crippen molar-refractivity contribution in [2.45, 2.75) is 58.9 Å². The SMILES string of the molecule is CCn1c2ccc(C(=O)/C(CCC(=O)NC)=N\OC(C)=O)cc2c2cc(C(=O)C3CCCC3)ccc21. The van der Waals surface area contributed by atoms with Gasteiger partial charge in [0.05, 0.1) is 0 Å². The van der Waals surface area contributed by atoms with Crippen molar-refractivity contribution in [3.8, 4) is 0 Å². The fourth-order valence-electron chi connectivity index (χ4n) is 5.01. The van der Waals surface area contributed by atoms with Crippen LogP contribution in [0, 0.1) is 5.92 Å². The predicted molar refractivity (Wildman–Crippen MR) is 138 cm³/mol. The molecule has 1 N–H and O–H groups in total. The number of hydrogen-bond donors (Lipinski definition) is 1. The van der Waals surface area contributed by atoms with Crippen LogP contribution in [-0.2, 0) is 21.0 Å². The minimum absolute atomic E-state index is 0.00974. The molecule has 1 aliphatic carbocycles. The van der Waals surface area contributed by atoms with Gasteiger partial charge in [-0.3, -0.25) is 14.4 Å². The van der Waals surface area contributed by atoms with Crippen LogP contribution in [0.15, 0.2) is 41.6 Å². The molecule has 36 heavy (non-hydrogen) atoms. The Morgan fingerprint density at radius 2 is 1.58 bits per heavy atom. The Morgan fingerprint density at radius 1 is 0.972 bits per heavy atom. The number of carbonyl (C=O) groups excluding carboxylic acids is 4. The Kier molecular flexibility index (Phi) is 7.62. The molecule has 1 heterocycles. The number of aromatic nitrogens is 1. The first-order valence-electron chi connectivity index (χ1n) is 12.4. The molecule has 2 aromatic carbocycles. The number of Topliss-reactive ketones (excluding diaryl/α,β-unsaturated/α-hetero) is 2. The maximum absolute atomic E-state index is 13.3. The number of fused-ring (bicyclic) bond motifs is 3. The van der Waals surface area contributed by atoms with E-state index in [9.17, 15) is 19.2 Å². The highest BCUT2D eigenvalue weighted by molar-refractivity contribution is 6.46. The summed E-state index contributed by atoms with van der Waals surface area (Å²) in [5.41, 5.74) is 3.01. The number of aryl methyl sites for hydroxylation is 1. The standard InChI is InChI=1S/C28H31N3O5/c1-4-31-24-12-9-19(27(34)18-7-5-6-8-18)15-21(24)22-16-20(10-13-25(22)31)28(35)23(30-36-17(2)32)11-14-26(33)29-3/h9-10,12-13,15-16,18H,4-8,11,14H2,1-3H3,(H,29,33)/b30-23-. The Hall–Kier alpha value is -3.81. The van der Waals surface area contributed by atoms with E-state index in [2.05, 4.69) is 22.0 Å². The Morgan fingerprint density at radius 3 is 2.17 bits per heavy atom. The monoisotopic (exact) mass is 489 g/mol. The zero-order chi connectivity index (χ0) is 25.8. The van der Waals surface area contributed by atoms with Crippen molar-refractivity contribution in [1.82, 2.24) is 9.88 Å². The smallest absolute Gasteiger partial charge is 0.331 e. The van der Waals surface area contributed by atoms with Crippen LogP contribution in [0.5, 0.6) is 0 Å². The molecule has 0 spiro atoms. The third kappa shape index (κ3) is 5.08. The van der Waals surface area contributed by atoms with Crippen molar-refractivity contribution in [3.63, 3.8) is 0 Å². The summed E-state index contributed by atoms with van der Waals surface area (Å²) in [7, 11) is 1.51. The van der Waals surface area contributed by atoms with Gasteiger partial charge in [-0.15, -0.1) is 0 Å². The summed E-state index contributed by atoms with van der Waals surface area (Å²) >= 11 is 0. The predicted octanol–water partition coefficient (Wildman–Crippen LogP) is 4.82. The van der Waals surface area contributed by atoms with E-state index in [4.69, 9.17) is 4.84 Å². The van der Waals surface area contributed by atoms with Gasteiger partial charge in [0, 0.05) is 72.2 Å². The third-order valence-corrected chi connectivity index (χ3v) is 6.87. The zero-order valence-electron chi connectivity index (χ0n) is 20.9. The number of oxime groups is 1. The van der Waals surface area contributed by atoms with Gasteiger partial charge in [0.25, 0.3) is 0 Å². The van der Waals surface area contributed by atoms with Crippen molar-refractivity contribution < 1.29 is 24.0 Å². The lowest BCUT2D eigenvalue weighted by Crippen LogP contribution is -2.22. The van der Waals surface area contributed by atoms with Crippen molar-refractivity contribution in [2.24, 2.45) is 11.1 Å². The Labute approximate surface area is 209 Å². The molecular weight excluding hydrogens is 458 g/mol. The molecule has 0 bridgehead atoms. The van der Waals surface area contributed by atoms with Crippen molar-refractivity contribution in [1.29, 1.82) is 0 Å².